The van der Waals surface area contributed by atoms with Crippen LogP contribution in [0.15, 0.2) is 65.4 Å². The number of carbonyl (C=O) groups excluding carboxylic acids is 3. The van der Waals surface area contributed by atoms with Gasteiger partial charge in [-0.15, -0.1) is 0 Å². The number of benzene rings is 2. The molecule has 0 spiro atoms. The van der Waals surface area contributed by atoms with Crippen molar-refractivity contribution >= 4 is 23.9 Å². The molecule has 4 rings (SSSR count). The molecule has 8 nitrogen and oxygen atoms in total. The van der Waals surface area contributed by atoms with Gasteiger partial charge in [0.25, 0.3) is 11.8 Å². The lowest BCUT2D eigenvalue weighted by Crippen LogP contribution is -2.38. The molecule has 2 aromatic carbocycles. The molecule has 200 valence electrons. The molecule has 2 aliphatic rings. The van der Waals surface area contributed by atoms with Crippen molar-refractivity contribution in [3.8, 4) is 11.5 Å². The van der Waals surface area contributed by atoms with Crippen molar-refractivity contribution in [2.24, 2.45) is 0 Å². The van der Waals surface area contributed by atoms with Crippen LogP contribution in [0.2, 0.25) is 0 Å². The maximum atomic E-state index is 13.4. The first-order valence-corrected chi connectivity index (χ1v) is 12.9. The Balaban J connectivity index is 1.45. The van der Waals surface area contributed by atoms with Gasteiger partial charge < -0.3 is 24.4 Å². The molecule has 2 amide bonds. The fourth-order valence-corrected chi connectivity index (χ4v) is 4.82. The molecule has 8 heteroatoms. The Morgan fingerprint density at radius 1 is 0.974 bits per heavy atom. The lowest BCUT2D eigenvalue weighted by molar-refractivity contribution is -0.136. The second-order valence-electron chi connectivity index (χ2n) is 9.51. The van der Waals surface area contributed by atoms with Gasteiger partial charge in [0.2, 0.25) is 0 Å². The summed E-state index contributed by atoms with van der Waals surface area (Å²) < 4.78 is 15.8. The number of methoxy groups -OCH3 is 2. The molecule has 1 aliphatic heterocycles. The zero-order chi connectivity index (χ0) is 27.1. The zero-order valence-electron chi connectivity index (χ0n) is 22.1. The van der Waals surface area contributed by atoms with Crippen molar-refractivity contribution < 1.29 is 28.6 Å². The standard InChI is InChI=1S/C30H34N2O6/c1-20-28(30(35)37-3)26(29(34)32(20)18-22-11-13-24(36-2)14-12-22)17-21-9-15-25(16-10-21)38-19-27(33)31-23-7-5-4-6-8-23/h9-17,23H,4-8,18-19H2,1-3H3,(H,31,33)/b26-17-. The van der Waals surface area contributed by atoms with Crippen LogP contribution in [-0.2, 0) is 25.7 Å². The van der Waals surface area contributed by atoms with Crippen molar-refractivity contribution in [1.82, 2.24) is 10.2 Å². The van der Waals surface area contributed by atoms with Gasteiger partial charge in [0.05, 0.1) is 31.9 Å². The summed E-state index contributed by atoms with van der Waals surface area (Å²) in [5, 5.41) is 3.04. The van der Waals surface area contributed by atoms with Gasteiger partial charge in [0, 0.05) is 11.7 Å². The van der Waals surface area contributed by atoms with Crippen LogP contribution in [0.4, 0.5) is 0 Å². The van der Waals surface area contributed by atoms with Crippen molar-refractivity contribution in [1.29, 1.82) is 0 Å². The number of hydrogen-bond donors (Lipinski definition) is 1. The number of nitrogens with zero attached hydrogens (tertiary/aromatic N) is 1. The molecule has 1 fully saturated rings. The molecule has 0 aromatic heterocycles. The highest BCUT2D eigenvalue weighted by molar-refractivity contribution is 6.16. The first kappa shape index (κ1) is 27.0. The third-order valence-corrected chi connectivity index (χ3v) is 6.93. The van der Waals surface area contributed by atoms with Gasteiger partial charge in [-0.3, -0.25) is 9.59 Å². The molecule has 1 saturated carbocycles. The summed E-state index contributed by atoms with van der Waals surface area (Å²) in [6.07, 6.45) is 7.24. The van der Waals surface area contributed by atoms with Gasteiger partial charge in [-0.05, 0) is 61.2 Å². The molecule has 0 unspecified atom stereocenters. The molecule has 1 aliphatic carbocycles. The monoisotopic (exact) mass is 518 g/mol. The first-order valence-electron chi connectivity index (χ1n) is 12.9. The number of ether oxygens (including phenoxy) is 3. The highest BCUT2D eigenvalue weighted by atomic mass is 16.5. The van der Waals surface area contributed by atoms with E-state index in [9.17, 15) is 14.4 Å². The van der Waals surface area contributed by atoms with Crippen LogP contribution in [0.1, 0.15) is 50.2 Å². The van der Waals surface area contributed by atoms with Crippen molar-refractivity contribution in [2.45, 2.75) is 51.6 Å². The summed E-state index contributed by atoms with van der Waals surface area (Å²) in [4.78, 5) is 39.8. The Hall–Kier alpha value is -4.07. The minimum Gasteiger partial charge on any atom is -0.497 e. The zero-order valence-corrected chi connectivity index (χ0v) is 22.1. The fraction of sp³-hybridized carbons (Fsp3) is 0.367. The highest BCUT2D eigenvalue weighted by Crippen LogP contribution is 2.33. The van der Waals surface area contributed by atoms with E-state index in [1.165, 1.54) is 13.5 Å². The van der Waals surface area contributed by atoms with Gasteiger partial charge in [-0.25, -0.2) is 4.79 Å². The average Bonchev–Trinajstić information content (AvgIpc) is 3.17. The lowest BCUT2D eigenvalue weighted by Gasteiger charge is -2.22. The molecule has 38 heavy (non-hydrogen) atoms. The van der Waals surface area contributed by atoms with Gasteiger partial charge >= 0.3 is 5.97 Å². The predicted molar refractivity (Wildman–Crippen MR) is 143 cm³/mol. The van der Waals surface area contributed by atoms with E-state index < -0.39 is 5.97 Å². The minimum absolute atomic E-state index is 0.0514. The molecule has 0 saturated heterocycles. The largest absolute Gasteiger partial charge is 0.497 e. The second-order valence-corrected chi connectivity index (χ2v) is 9.51. The van der Waals surface area contributed by atoms with Crippen LogP contribution in [0.5, 0.6) is 11.5 Å². The van der Waals surface area contributed by atoms with Crippen LogP contribution in [0, 0.1) is 0 Å². The summed E-state index contributed by atoms with van der Waals surface area (Å²) in [6.45, 7) is 2.00. The lowest BCUT2D eigenvalue weighted by atomic mass is 9.95. The van der Waals surface area contributed by atoms with Gasteiger partial charge in [-0.1, -0.05) is 43.5 Å². The van der Waals surface area contributed by atoms with E-state index in [1.54, 1.807) is 49.3 Å². The number of amides is 2. The van der Waals surface area contributed by atoms with Crippen LogP contribution < -0.4 is 14.8 Å². The highest BCUT2D eigenvalue weighted by Gasteiger charge is 2.37. The maximum Gasteiger partial charge on any atom is 0.340 e. The second kappa shape index (κ2) is 12.4. The number of allylic oxidation sites excluding steroid dienone is 1. The molecule has 0 atom stereocenters. The van der Waals surface area contributed by atoms with E-state index in [4.69, 9.17) is 14.2 Å². The number of rotatable bonds is 9. The predicted octanol–water partition coefficient (Wildman–Crippen LogP) is 4.40. The van der Waals surface area contributed by atoms with E-state index in [1.807, 2.05) is 24.3 Å². The van der Waals surface area contributed by atoms with Crippen molar-refractivity contribution in [3.05, 3.63) is 76.5 Å². The molecule has 1 N–H and O–H groups in total. The third-order valence-electron chi connectivity index (χ3n) is 6.93. The summed E-state index contributed by atoms with van der Waals surface area (Å²) in [7, 11) is 2.90. The van der Waals surface area contributed by atoms with Gasteiger partial charge in [0.1, 0.15) is 11.5 Å². The van der Waals surface area contributed by atoms with Crippen LogP contribution >= 0.6 is 0 Å². The Labute approximate surface area is 223 Å². The summed E-state index contributed by atoms with van der Waals surface area (Å²) in [5.41, 5.74) is 2.66. The quantitative estimate of drug-likeness (QED) is 0.391. The van der Waals surface area contributed by atoms with Crippen LogP contribution in [0.25, 0.3) is 6.08 Å². The summed E-state index contributed by atoms with van der Waals surface area (Å²) >= 11 is 0. The Bertz CT molecular complexity index is 1220. The van der Waals surface area contributed by atoms with Gasteiger partial charge in [0.15, 0.2) is 6.61 Å². The molecule has 2 aromatic rings. The van der Waals surface area contributed by atoms with E-state index in [2.05, 4.69) is 5.32 Å². The van der Waals surface area contributed by atoms with Gasteiger partial charge in [-0.2, -0.15) is 0 Å². The topological polar surface area (TPSA) is 94.2 Å². The van der Waals surface area contributed by atoms with E-state index in [-0.39, 0.29) is 35.6 Å². The Morgan fingerprint density at radius 2 is 1.63 bits per heavy atom. The molecule has 0 bridgehead atoms. The Morgan fingerprint density at radius 3 is 2.26 bits per heavy atom. The first-order chi connectivity index (χ1) is 18.4. The minimum atomic E-state index is -0.566. The van der Waals surface area contributed by atoms with E-state index in [0.29, 0.717) is 23.6 Å². The fourth-order valence-electron chi connectivity index (χ4n) is 4.82. The van der Waals surface area contributed by atoms with Crippen molar-refractivity contribution in [3.63, 3.8) is 0 Å². The normalized spacial score (nSPS) is 17.1. The molecular weight excluding hydrogens is 484 g/mol. The average molecular weight is 519 g/mol. The maximum absolute atomic E-state index is 13.4. The summed E-state index contributed by atoms with van der Waals surface area (Å²) in [5.74, 6) is 0.299. The van der Waals surface area contributed by atoms with E-state index in [0.717, 1.165) is 37.0 Å². The SMILES string of the molecule is COC(=O)C1=C(C)N(Cc2ccc(OC)cc2)C(=O)/C1=C\c1ccc(OCC(=O)NC2CCCCC2)cc1. The molecule has 0 radical (unpaired) electrons. The Kier molecular flexibility index (Phi) is 8.84. The number of nitrogens with one attached hydrogen (secondary N) is 1. The number of hydrogen-bond acceptors (Lipinski definition) is 6. The third kappa shape index (κ3) is 6.43. The van der Waals surface area contributed by atoms with Crippen LogP contribution in [-0.4, -0.2) is 49.6 Å². The number of esters is 1. The number of carbonyl (C=O) groups is 3. The molecule has 1 heterocycles. The smallest absolute Gasteiger partial charge is 0.340 e. The van der Waals surface area contributed by atoms with Crippen LogP contribution in [0.3, 0.4) is 0 Å². The van der Waals surface area contributed by atoms with E-state index >= 15 is 0 Å². The summed E-state index contributed by atoms with van der Waals surface area (Å²) in [6, 6.07) is 14.7. The van der Waals surface area contributed by atoms with Crippen molar-refractivity contribution in [2.75, 3.05) is 20.8 Å². The molecular formula is C30H34N2O6.